The third-order valence-corrected chi connectivity index (χ3v) is 4.89. The lowest BCUT2D eigenvalue weighted by Gasteiger charge is -2.32. The summed E-state index contributed by atoms with van der Waals surface area (Å²) < 4.78 is 0. The molecular weight excluding hydrogens is 301 g/mol. The molecule has 0 aliphatic carbocycles. The third-order valence-electron chi connectivity index (χ3n) is 4.18. The molecule has 0 saturated carbocycles. The van der Waals surface area contributed by atoms with Crippen molar-refractivity contribution in [3.63, 3.8) is 0 Å². The van der Waals surface area contributed by atoms with E-state index in [2.05, 4.69) is 30.0 Å². The first kappa shape index (κ1) is 14.7. The Morgan fingerprint density at radius 3 is 2.57 bits per heavy atom. The predicted molar refractivity (Wildman–Crippen MR) is 91.7 cm³/mol. The molecule has 0 bridgehead atoms. The Morgan fingerprint density at radius 1 is 1.10 bits per heavy atom. The second-order valence-electron chi connectivity index (χ2n) is 5.54. The summed E-state index contributed by atoms with van der Waals surface area (Å²) in [6.45, 7) is 4.03. The van der Waals surface area contributed by atoms with Gasteiger partial charge in [0.25, 0.3) is 0 Å². The first-order valence-corrected chi connectivity index (χ1v) is 8.24. The molecule has 0 aromatic heterocycles. The molecule has 0 amide bonds. The van der Waals surface area contributed by atoms with Crippen LogP contribution >= 0.6 is 23.2 Å². The van der Waals surface area contributed by atoms with Gasteiger partial charge in [0.15, 0.2) is 0 Å². The molecule has 21 heavy (non-hydrogen) atoms. The van der Waals surface area contributed by atoms with Gasteiger partial charge in [-0.15, -0.1) is 0 Å². The summed E-state index contributed by atoms with van der Waals surface area (Å²) in [6.07, 6.45) is 3.43. The van der Waals surface area contributed by atoms with Crippen molar-refractivity contribution in [1.82, 2.24) is 0 Å². The Kier molecular flexibility index (Phi) is 4.42. The van der Waals surface area contributed by atoms with Crippen LogP contribution in [0.5, 0.6) is 0 Å². The first-order valence-electron chi connectivity index (χ1n) is 7.48. The van der Waals surface area contributed by atoms with Crippen LogP contribution in [0.2, 0.25) is 10.0 Å². The summed E-state index contributed by atoms with van der Waals surface area (Å²) >= 11 is 12.6. The van der Waals surface area contributed by atoms with Crippen molar-refractivity contribution in [2.45, 2.75) is 32.7 Å². The van der Waals surface area contributed by atoms with Crippen molar-refractivity contribution in [2.24, 2.45) is 0 Å². The van der Waals surface area contributed by atoms with Gasteiger partial charge < -0.3 is 4.90 Å². The van der Waals surface area contributed by atoms with Crippen molar-refractivity contribution in [1.29, 1.82) is 0 Å². The van der Waals surface area contributed by atoms with Crippen molar-refractivity contribution in [3.8, 4) is 0 Å². The summed E-state index contributed by atoms with van der Waals surface area (Å²) in [5, 5.41) is 1.50. The molecule has 0 N–H and O–H groups in total. The maximum Gasteiger partial charge on any atom is 0.0470 e. The molecule has 1 aliphatic heterocycles. The molecule has 0 saturated heterocycles. The zero-order chi connectivity index (χ0) is 14.8. The highest BCUT2D eigenvalue weighted by Crippen LogP contribution is 2.32. The molecular formula is C18H19Cl2N. The Morgan fingerprint density at radius 2 is 1.86 bits per heavy atom. The highest BCUT2D eigenvalue weighted by atomic mass is 35.5. The number of benzene rings is 2. The van der Waals surface area contributed by atoms with E-state index in [0.717, 1.165) is 41.5 Å². The summed E-state index contributed by atoms with van der Waals surface area (Å²) in [7, 11) is 0. The molecule has 0 spiro atoms. The van der Waals surface area contributed by atoms with E-state index in [-0.39, 0.29) is 0 Å². The zero-order valence-electron chi connectivity index (χ0n) is 12.2. The quantitative estimate of drug-likeness (QED) is 0.721. The van der Waals surface area contributed by atoms with E-state index >= 15 is 0 Å². The first-order chi connectivity index (χ1) is 10.2. The number of fused-ring (bicyclic) bond motifs is 1. The fraction of sp³-hybridized carbons (Fsp3) is 0.333. The van der Waals surface area contributed by atoms with Gasteiger partial charge in [-0.3, -0.25) is 0 Å². The van der Waals surface area contributed by atoms with Crippen LogP contribution in [0.3, 0.4) is 0 Å². The minimum absolute atomic E-state index is 0.750. The Bertz CT molecular complexity index is 631. The van der Waals surface area contributed by atoms with Crippen LogP contribution < -0.4 is 4.90 Å². The summed E-state index contributed by atoms with van der Waals surface area (Å²) in [5.41, 5.74) is 5.21. The van der Waals surface area contributed by atoms with Crippen LogP contribution in [0.15, 0.2) is 36.4 Å². The molecule has 2 aromatic rings. The second kappa shape index (κ2) is 6.29. The average Bonchev–Trinajstić information content (AvgIpc) is 2.50. The number of aryl methyl sites for hydroxylation is 2. The number of hydrogen-bond acceptors (Lipinski definition) is 1. The lowest BCUT2D eigenvalue weighted by molar-refractivity contribution is 0.690. The standard InChI is InChI=1S/C18H19Cl2N/c1-2-13-8-9-18-14(11-13)5-4-10-21(18)12-15-16(19)6-3-7-17(15)20/h3,6-9,11H,2,4-5,10,12H2,1H3. The maximum atomic E-state index is 6.31. The van der Waals surface area contributed by atoms with Crippen molar-refractivity contribution >= 4 is 28.9 Å². The molecule has 0 radical (unpaired) electrons. The highest BCUT2D eigenvalue weighted by molar-refractivity contribution is 6.36. The van der Waals surface area contributed by atoms with E-state index in [1.807, 2.05) is 18.2 Å². The lowest BCUT2D eigenvalue weighted by atomic mass is 9.98. The Labute approximate surface area is 136 Å². The van der Waals surface area contributed by atoms with E-state index in [1.165, 1.54) is 23.2 Å². The number of hydrogen-bond donors (Lipinski definition) is 0. The van der Waals surface area contributed by atoms with Gasteiger partial charge in [0, 0.05) is 34.4 Å². The number of rotatable bonds is 3. The molecule has 110 valence electrons. The summed E-state index contributed by atoms with van der Waals surface area (Å²) in [5.74, 6) is 0. The Hall–Kier alpha value is -1.18. The second-order valence-corrected chi connectivity index (χ2v) is 6.36. The molecule has 0 atom stereocenters. The highest BCUT2D eigenvalue weighted by Gasteiger charge is 2.19. The van der Waals surface area contributed by atoms with Gasteiger partial charge in [-0.2, -0.15) is 0 Å². The molecule has 0 unspecified atom stereocenters. The van der Waals surface area contributed by atoms with Crippen molar-refractivity contribution < 1.29 is 0 Å². The average molecular weight is 320 g/mol. The van der Waals surface area contributed by atoms with Crippen molar-refractivity contribution in [2.75, 3.05) is 11.4 Å². The fourth-order valence-electron chi connectivity index (χ4n) is 2.99. The van der Waals surface area contributed by atoms with Gasteiger partial charge in [0.1, 0.15) is 0 Å². The van der Waals surface area contributed by atoms with Crippen LogP contribution in [0.25, 0.3) is 0 Å². The van der Waals surface area contributed by atoms with Gasteiger partial charge >= 0.3 is 0 Å². The molecule has 1 heterocycles. The normalized spacial score (nSPS) is 14.1. The molecule has 3 rings (SSSR count). The van der Waals surface area contributed by atoms with Crippen LogP contribution in [0, 0.1) is 0 Å². The molecule has 2 aromatic carbocycles. The molecule has 1 aliphatic rings. The van der Waals surface area contributed by atoms with Gasteiger partial charge in [-0.05, 0) is 48.6 Å². The molecule has 3 heteroatoms. The van der Waals surface area contributed by atoms with Crippen LogP contribution in [-0.2, 0) is 19.4 Å². The largest absolute Gasteiger partial charge is 0.367 e. The predicted octanol–water partition coefficient (Wildman–Crippen LogP) is 5.51. The van der Waals surface area contributed by atoms with E-state index < -0.39 is 0 Å². The maximum absolute atomic E-state index is 6.31. The minimum atomic E-state index is 0.750. The minimum Gasteiger partial charge on any atom is -0.367 e. The van der Waals surface area contributed by atoms with E-state index in [0.29, 0.717) is 0 Å². The van der Waals surface area contributed by atoms with Crippen LogP contribution in [0.1, 0.15) is 30.0 Å². The third kappa shape index (κ3) is 3.04. The van der Waals surface area contributed by atoms with E-state index in [9.17, 15) is 0 Å². The van der Waals surface area contributed by atoms with Gasteiger partial charge in [0.05, 0.1) is 0 Å². The lowest BCUT2D eigenvalue weighted by Crippen LogP contribution is -2.29. The topological polar surface area (TPSA) is 3.24 Å². The van der Waals surface area contributed by atoms with Gasteiger partial charge in [-0.1, -0.05) is 48.3 Å². The summed E-state index contributed by atoms with van der Waals surface area (Å²) in [4.78, 5) is 2.39. The monoisotopic (exact) mass is 319 g/mol. The van der Waals surface area contributed by atoms with E-state index in [1.54, 1.807) is 0 Å². The number of nitrogens with zero attached hydrogens (tertiary/aromatic N) is 1. The van der Waals surface area contributed by atoms with Crippen LogP contribution in [0.4, 0.5) is 5.69 Å². The van der Waals surface area contributed by atoms with Crippen LogP contribution in [-0.4, -0.2) is 6.54 Å². The number of halogens is 2. The summed E-state index contributed by atoms with van der Waals surface area (Å²) in [6, 6.07) is 12.5. The molecule has 1 nitrogen and oxygen atoms in total. The SMILES string of the molecule is CCc1ccc2c(c1)CCCN2Cc1c(Cl)cccc1Cl. The van der Waals surface area contributed by atoms with Crippen molar-refractivity contribution in [3.05, 3.63) is 63.1 Å². The zero-order valence-corrected chi connectivity index (χ0v) is 13.7. The molecule has 0 fully saturated rings. The Balaban J connectivity index is 1.92. The smallest absolute Gasteiger partial charge is 0.0470 e. The number of anilines is 1. The fourth-order valence-corrected chi connectivity index (χ4v) is 3.50. The van der Waals surface area contributed by atoms with E-state index in [4.69, 9.17) is 23.2 Å². The van der Waals surface area contributed by atoms with Gasteiger partial charge in [-0.25, -0.2) is 0 Å². The van der Waals surface area contributed by atoms with Gasteiger partial charge in [0.2, 0.25) is 0 Å².